The number of amides is 2. The van der Waals surface area contributed by atoms with Gasteiger partial charge in [-0.3, -0.25) is 14.3 Å². The predicted molar refractivity (Wildman–Crippen MR) is 119 cm³/mol. The number of aryl methyl sites for hydroxylation is 1. The van der Waals surface area contributed by atoms with E-state index in [-0.39, 0.29) is 0 Å². The molecule has 1 N–H and O–H groups in total. The Labute approximate surface area is 181 Å². The van der Waals surface area contributed by atoms with Crippen molar-refractivity contribution in [1.82, 2.24) is 9.78 Å². The van der Waals surface area contributed by atoms with Gasteiger partial charge >= 0.3 is 0 Å². The maximum Gasteiger partial charge on any atom is 0.280 e. The second-order valence-electron chi connectivity index (χ2n) is 7.80. The molecule has 7 heteroatoms. The number of carbonyl (C=O) groups excluding carboxylic acids is 2. The molecule has 1 aliphatic rings. The van der Waals surface area contributed by atoms with Gasteiger partial charge in [0, 0.05) is 6.54 Å². The summed E-state index contributed by atoms with van der Waals surface area (Å²) in [6.07, 6.45) is 0. The van der Waals surface area contributed by atoms with Gasteiger partial charge in [0.1, 0.15) is 5.75 Å². The van der Waals surface area contributed by atoms with Crippen LogP contribution < -0.4 is 15.0 Å². The van der Waals surface area contributed by atoms with Gasteiger partial charge in [0.25, 0.3) is 17.4 Å². The first-order valence-corrected chi connectivity index (χ1v) is 10.3. The normalized spacial score (nSPS) is 17.8. The van der Waals surface area contributed by atoms with E-state index in [4.69, 9.17) is 4.74 Å². The van der Waals surface area contributed by atoms with Crippen LogP contribution in [0.5, 0.6) is 5.75 Å². The molecule has 0 spiro atoms. The number of carbonyl (C=O) groups is 2. The molecule has 0 aliphatic carbocycles. The number of likely N-dealkylation sites (N-methyl/N-ethyl adjacent to an activating group) is 1. The minimum Gasteiger partial charge on any atom is -0.465 e. The van der Waals surface area contributed by atoms with Crippen molar-refractivity contribution in [3.8, 4) is 5.75 Å². The summed E-state index contributed by atoms with van der Waals surface area (Å²) in [7, 11) is 0. The van der Waals surface area contributed by atoms with Gasteiger partial charge < -0.3 is 15.0 Å². The lowest BCUT2D eigenvalue weighted by Gasteiger charge is -2.39. The van der Waals surface area contributed by atoms with E-state index in [1.165, 1.54) is 6.92 Å². The third-order valence-corrected chi connectivity index (χ3v) is 5.67. The molecular weight excluding hydrogens is 392 g/mol. The number of rotatable bonds is 5. The Morgan fingerprint density at radius 2 is 1.77 bits per heavy atom. The fourth-order valence-electron chi connectivity index (χ4n) is 3.88. The second-order valence-corrected chi connectivity index (χ2v) is 7.80. The van der Waals surface area contributed by atoms with Crippen LogP contribution in [-0.4, -0.2) is 33.7 Å². The molecule has 0 bridgehead atoms. The van der Waals surface area contributed by atoms with Gasteiger partial charge in [-0.1, -0.05) is 42.5 Å². The van der Waals surface area contributed by atoms with Crippen molar-refractivity contribution in [2.75, 3.05) is 16.8 Å². The molecule has 0 fully saturated rings. The maximum absolute atomic E-state index is 13.3. The number of benzene rings is 2. The number of nitrogens with zero attached hydrogens (tertiary/aromatic N) is 3. The highest BCUT2D eigenvalue weighted by Gasteiger charge is 2.50. The number of aromatic nitrogens is 2. The van der Waals surface area contributed by atoms with Crippen molar-refractivity contribution >= 4 is 23.2 Å². The summed E-state index contributed by atoms with van der Waals surface area (Å²) < 4.78 is 7.80. The van der Waals surface area contributed by atoms with E-state index < -0.39 is 17.4 Å². The van der Waals surface area contributed by atoms with Gasteiger partial charge in [0.2, 0.25) is 0 Å². The van der Waals surface area contributed by atoms with Gasteiger partial charge in [-0.15, -0.1) is 0 Å². The van der Waals surface area contributed by atoms with Crippen LogP contribution in [0.3, 0.4) is 0 Å². The molecule has 31 heavy (non-hydrogen) atoms. The third-order valence-electron chi connectivity index (χ3n) is 5.67. The van der Waals surface area contributed by atoms with Crippen LogP contribution in [-0.2, 0) is 16.1 Å². The van der Waals surface area contributed by atoms with Gasteiger partial charge in [0.15, 0.2) is 0 Å². The third kappa shape index (κ3) is 3.56. The molecule has 4 rings (SSSR count). The number of ether oxygens (including phenoxy) is 1. The topological polar surface area (TPSA) is 76.5 Å². The van der Waals surface area contributed by atoms with E-state index in [0.717, 1.165) is 11.3 Å². The lowest BCUT2D eigenvalue weighted by Crippen LogP contribution is -2.60. The van der Waals surface area contributed by atoms with E-state index in [9.17, 15) is 9.59 Å². The van der Waals surface area contributed by atoms with Crippen LogP contribution in [0.4, 0.5) is 11.4 Å². The van der Waals surface area contributed by atoms with Crippen LogP contribution in [0.15, 0.2) is 54.6 Å². The Morgan fingerprint density at radius 3 is 2.48 bits per heavy atom. The molecular formula is C24H26N4O3. The molecule has 1 aromatic heterocycles. The smallest absolute Gasteiger partial charge is 0.280 e. The monoisotopic (exact) mass is 418 g/mol. The Morgan fingerprint density at radius 1 is 1.10 bits per heavy atom. The quantitative estimate of drug-likeness (QED) is 0.641. The molecule has 0 radical (unpaired) electrons. The lowest BCUT2D eigenvalue weighted by atomic mass is 9.99. The molecule has 1 atom stereocenters. The Bertz CT molecular complexity index is 1140. The predicted octanol–water partition coefficient (Wildman–Crippen LogP) is 3.69. The number of nitrogens with one attached hydrogen (secondary N) is 1. The van der Waals surface area contributed by atoms with Crippen LogP contribution in [0.2, 0.25) is 0 Å². The Hall–Kier alpha value is -3.61. The SMILES string of the molecule is CCN1C(=O)C(C)(C(=O)Nc2c(C)nn(Cc3ccccc3)c2C)Oc2ccccc21. The Kier molecular flexibility index (Phi) is 5.27. The summed E-state index contributed by atoms with van der Waals surface area (Å²) in [6.45, 7) is 8.16. The summed E-state index contributed by atoms with van der Waals surface area (Å²) in [5.41, 5.74) is 2.20. The van der Waals surface area contributed by atoms with Crippen LogP contribution in [0.25, 0.3) is 0 Å². The van der Waals surface area contributed by atoms with Crippen LogP contribution in [0, 0.1) is 13.8 Å². The summed E-state index contributed by atoms with van der Waals surface area (Å²) in [6, 6.07) is 17.2. The Balaban J connectivity index is 1.62. The molecule has 3 aromatic rings. The summed E-state index contributed by atoms with van der Waals surface area (Å²) >= 11 is 0. The molecule has 2 heterocycles. The zero-order valence-corrected chi connectivity index (χ0v) is 18.2. The number of fused-ring (bicyclic) bond motifs is 1. The van der Waals surface area contributed by atoms with Crippen molar-refractivity contribution in [2.45, 2.75) is 39.8 Å². The minimum absolute atomic E-state index is 0.391. The van der Waals surface area contributed by atoms with Crippen molar-refractivity contribution in [3.05, 3.63) is 71.5 Å². The van der Waals surface area contributed by atoms with Crippen molar-refractivity contribution in [1.29, 1.82) is 0 Å². The molecule has 0 saturated heterocycles. The molecule has 160 valence electrons. The van der Waals surface area contributed by atoms with E-state index in [1.54, 1.807) is 11.0 Å². The highest BCUT2D eigenvalue weighted by molar-refractivity contribution is 6.20. The van der Waals surface area contributed by atoms with Gasteiger partial charge in [-0.05, 0) is 45.4 Å². The zero-order chi connectivity index (χ0) is 22.2. The molecule has 1 aliphatic heterocycles. The average molecular weight is 418 g/mol. The summed E-state index contributed by atoms with van der Waals surface area (Å²) in [5, 5.41) is 7.48. The van der Waals surface area contributed by atoms with Crippen LogP contribution in [0.1, 0.15) is 30.8 Å². The lowest BCUT2D eigenvalue weighted by molar-refractivity contribution is -0.145. The van der Waals surface area contributed by atoms with E-state index in [1.807, 2.05) is 74.0 Å². The highest BCUT2D eigenvalue weighted by atomic mass is 16.5. The maximum atomic E-state index is 13.3. The molecule has 1 unspecified atom stereocenters. The molecule has 2 aromatic carbocycles. The average Bonchev–Trinajstić information content (AvgIpc) is 3.02. The number of hydrogen-bond donors (Lipinski definition) is 1. The second kappa shape index (κ2) is 7.91. The van der Waals surface area contributed by atoms with E-state index in [0.29, 0.717) is 35.9 Å². The number of anilines is 2. The van der Waals surface area contributed by atoms with Gasteiger partial charge in [0.05, 0.1) is 29.3 Å². The first-order valence-electron chi connectivity index (χ1n) is 10.3. The van der Waals surface area contributed by atoms with Crippen molar-refractivity contribution < 1.29 is 14.3 Å². The minimum atomic E-state index is -1.68. The van der Waals surface area contributed by atoms with Crippen molar-refractivity contribution in [3.63, 3.8) is 0 Å². The highest BCUT2D eigenvalue weighted by Crippen LogP contribution is 2.38. The largest absolute Gasteiger partial charge is 0.465 e. The molecule has 2 amide bonds. The van der Waals surface area contributed by atoms with E-state index >= 15 is 0 Å². The summed E-state index contributed by atoms with van der Waals surface area (Å²) in [5.74, 6) is -0.399. The molecule has 7 nitrogen and oxygen atoms in total. The van der Waals surface area contributed by atoms with Crippen LogP contribution >= 0.6 is 0 Å². The fraction of sp³-hybridized carbons (Fsp3) is 0.292. The molecule has 0 saturated carbocycles. The van der Waals surface area contributed by atoms with E-state index in [2.05, 4.69) is 10.4 Å². The number of hydrogen-bond acceptors (Lipinski definition) is 4. The first-order chi connectivity index (χ1) is 14.8. The summed E-state index contributed by atoms with van der Waals surface area (Å²) in [4.78, 5) is 28.1. The fourth-order valence-corrected chi connectivity index (χ4v) is 3.88. The van der Waals surface area contributed by atoms with Gasteiger partial charge in [-0.2, -0.15) is 5.10 Å². The first kappa shape index (κ1) is 20.7. The van der Waals surface area contributed by atoms with Gasteiger partial charge in [-0.25, -0.2) is 0 Å². The van der Waals surface area contributed by atoms with Crippen molar-refractivity contribution in [2.24, 2.45) is 0 Å². The standard InChI is InChI=1S/C24H26N4O3/c1-5-27-19-13-9-10-14-20(19)31-24(4,23(27)30)22(29)25-21-16(2)26-28(17(21)3)15-18-11-7-6-8-12-18/h6-14H,5,15H2,1-4H3,(H,25,29). The number of para-hydroxylation sites is 2. The zero-order valence-electron chi connectivity index (χ0n) is 18.2.